The summed E-state index contributed by atoms with van der Waals surface area (Å²) in [6.45, 7) is 5.22. The van der Waals surface area contributed by atoms with Gasteiger partial charge >= 0.3 is 0 Å². The zero-order valence-electron chi connectivity index (χ0n) is 12.9. The van der Waals surface area contributed by atoms with Crippen LogP contribution in [0, 0.1) is 23.7 Å². The Labute approximate surface area is 129 Å². The Hall–Kier alpha value is -1.34. The van der Waals surface area contributed by atoms with Gasteiger partial charge in [-0.3, -0.25) is 0 Å². The summed E-state index contributed by atoms with van der Waals surface area (Å²) in [5.41, 5.74) is 1.55. The lowest BCUT2D eigenvalue weighted by Crippen LogP contribution is -2.42. The maximum Gasteiger partial charge on any atom is 0.0627 e. The average Bonchev–Trinajstić information content (AvgIpc) is 3.12. The van der Waals surface area contributed by atoms with Crippen molar-refractivity contribution in [2.75, 3.05) is 0 Å². The van der Waals surface area contributed by atoms with E-state index in [4.69, 9.17) is 0 Å². The highest BCUT2D eigenvalue weighted by molar-refractivity contribution is 6.81. The van der Waals surface area contributed by atoms with Gasteiger partial charge in [-0.15, -0.1) is 0 Å². The van der Waals surface area contributed by atoms with Crippen LogP contribution in [0.2, 0.25) is 24.2 Å². The zero-order valence-corrected chi connectivity index (χ0v) is 13.9. The molecule has 6 atom stereocenters. The first-order chi connectivity index (χ1) is 10.2. The second-order valence-corrected chi connectivity index (χ2v) is 12.5. The standard InChI is InChI=1S/C20H24Si/c1-21(2,19-13-11-15-7-3-5-9-17(15)19)20-14-12-16-8-4-6-10-18(16)20/h3-20H,1-2H3/t15?,16?,17?,18?,19-,20?/m1/s1. The predicted molar refractivity (Wildman–Crippen MR) is 93.8 cm³/mol. The molecule has 0 saturated carbocycles. The normalized spacial score (nSPS) is 42.6. The third-order valence-corrected chi connectivity index (χ3v) is 10.7. The molecule has 0 bridgehead atoms. The van der Waals surface area contributed by atoms with Gasteiger partial charge in [0.2, 0.25) is 0 Å². The summed E-state index contributed by atoms with van der Waals surface area (Å²) >= 11 is 0. The lowest BCUT2D eigenvalue weighted by Gasteiger charge is -2.41. The van der Waals surface area contributed by atoms with E-state index in [0.29, 0.717) is 23.7 Å². The highest BCUT2D eigenvalue weighted by Crippen LogP contribution is 2.54. The Morgan fingerprint density at radius 3 is 1.43 bits per heavy atom. The van der Waals surface area contributed by atoms with Crippen molar-refractivity contribution in [2.24, 2.45) is 23.7 Å². The molecule has 0 spiro atoms. The largest absolute Gasteiger partial charge is 0.0868 e. The molecule has 0 aliphatic heterocycles. The van der Waals surface area contributed by atoms with Crippen molar-refractivity contribution >= 4 is 8.07 Å². The van der Waals surface area contributed by atoms with Crippen LogP contribution in [0.1, 0.15) is 0 Å². The molecule has 0 aromatic heterocycles. The fourth-order valence-corrected chi connectivity index (χ4v) is 9.16. The minimum atomic E-state index is -1.40. The SMILES string of the molecule is C[Si](C)(C1C=CC2C=CC=CC21)[C@@H]1C=CC2C=CC=CC21. The molecule has 0 N–H and O–H groups in total. The second kappa shape index (κ2) is 4.84. The first-order valence-corrected chi connectivity index (χ1v) is 11.4. The summed E-state index contributed by atoms with van der Waals surface area (Å²) in [5.74, 6) is 2.73. The van der Waals surface area contributed by atoms with Crippen LogP contribution in [0.15, 0.2) is 72.9 Å². The first kappa shape index (κ1) is 13.3. The van der Waals surface area contributed by atoms with Crippen molar-refractivity contribution in [3.05, 3.63) is 72.9 Å². The fraction of sp³-hybridized carbons (Fsp3) is 0.400. The summed E-state index contributed by atoms with van der Waals surface area (Å²) in [5, 5.41) is 0. The van der Waals surface area contributed by atoms with E-state index in [1.807, 2.05) is 0 Å². The number of fused-ring (bicyclic) bond motifs is 2. The van der Waals surface area contributed by atoms with E-state index in [1.54, 1.807) is 0 Å². The number of rotatable bonds is 2. The highest BCUT2D eigenvalue weighted by atomic mass is 28.3. The Kier molecular flexibility index (Phi) is 3.07. The van der Waals surface area contributed by atoms with Gasteiger partial charge in [0.25, 0.3) is 0 Å². The van der Waals surface area contributed by atoms with Crippen LogP contribution in [-0.2, 0) is 0 Å². The number of hydrogen-bond donors (Lipinski definition) is 0. The molecule has 0 amide bonds. The van der Waals surface area contributed by atoms with Gasteiger partial charge in [0.15, 0.2) is 0 Å². The lowest BCUT2D eigenvalue weighted by atomic mass is 9.91. The van der Waals surface area contributed by atoms with Crippen molar-refractivity contribution in [3.8, 4) is 0 Å². The van der Waals surface area contributed by atoms with E-state index in [9.17, 15) is 0 Å². The van der Waals surface area contributed by atoms with Crippen LogP contribution in [0.25, 0.3) is 0 Å². The molecule has 0 radical (unpaired) electrons. The molecule has 108 valence electrons. The smallest absolute Gasteiger partial charge is 0.0627 e. The molecular weight excluding hydrogens is 268 g/mol. The Morgan fingerprint density at radius 2 is 0.952 bits per heavy atom. The fourth-order valence-electron chi connectivity index (χ4n) is 4.85. The molecule has 5 unspecified atom stereocenters. The van der Waals surface area contributed by atoms with Gasteiger partial charge in [-0.2, -0.15) is 0 Å². The van der Waals surface area contributed by atoms with Gasteiger partial charge in [-0.05, 0) is 22.9 Å². The van der Waals surface area contributed by atoms with Crippen LogP contribution in [0.3, 0.4) is 0 Å². The molecule has 4 rings (SSSR count). The molecule has 0 nitrogen and oxygen atoms in total. The molecule has 0 aromatic rings. The Bertz CT molecular complexity index is 547. The molecular formula is C20H24Si. The molecule has 0 aromatic carbocycles. The molecule has 1 heteroatoms. The van der Waals surface area contributed by atoms with Crippen molar-refractivity contribution in [1.82, 2.24) is 0 Å². The summed E-state index contributed by atoms with van der Waals surface area (Å²) in [6.07, 6.45) is 28.6. The van der Waals surface area contributed by atoms with Crippen LogP contribution >= 0.6 is 0 Å². The minimum Gasteiger partial charge on any atom is -0.0868 e. The van der Waals surface area contributed by atoms with E-state index in [1.165, 1.54) is 0 Å². The van der Waals surface area contributed by atoms with Crippen LogP contribution in [0.5, 0.6) is 0 Å². The maximum atomic E-state index is 2.61. The van der Waals surface area contributed by atoms with Gasteiger partial charge in [-0.25, -0.2) is 0 Å². The lowest BCUT2D eigenvalue weighted by molar-refractivity contribution is 0.549. The van der Waals surface area contributed by atoms with Gasteiger partial charge in [0.05, 0.1) is 8.07 Å². The highest BCUT2D eigenvalue weighted by Gasteiger charge is 2.48. The van der Waals surface area contributed by atoms with Crippen LogP contribution < -0.4 is 0 Å². The molecule has 21 heavy (non-hydrogen) atoms. The molecule has 4 aliphatic carbocycles. The summed E-state index contributed by atoms with van der Waals surface area (Å²) < 4.78 is 0. The van der Waals surface area contributed by atoms with Crippen LogP contribution in [0.4, 0.5) is 0 Å². The Morgan fingerprint density at radius 1 is 0.524 bits per heavy atom. The monoisotopic (exact) mass is 292 g/mol. The van der Waals surface area contributed by atoms with Gasteiger partial charge < -0.3 is 0 Å². The first-order valence-electron chi connectivity index (χ1n) is 8.24. The minimum absolute atomic E-state index is 0.648. The van der Waals surface area contributed by atoms with E-state index >= 15 is 0 Å². The van der Waals surface area contributed by atoms with E-state index in [-0.39, 0.29) is 0 Å². The Balaban J connectivity index is 1.62. The molecule has 4 aliphatic rings. The van der Waals surface area contributed by atoms with Crippen molar-refractivity contribution in [1.29, 1.82) is 0 Å². The second-order valence-electron chi connectivity index (χ2n) is 7.49. The summed E-state index contributed by atoms with van der Waals surface area (Å²) in [4.78, 5) is 0. The van der Waals surface area contributed by atoms with E-state index < -0.39 is 8.07 Å². The molecule has 0 heterocycles. The van der Waals surface area contributed by atoms with E-state index in [0.717, 1.165) is 11.1 Å². The number of hydrogen-bond acceptors (Lipinski definition) is 0. The van der Waals surface area contributed by atoms with Crippen molar-refractivity contribution < 1.29 is 0 Å². The summed E-state index contributed by atoms with van der Waals surface area (Å²) in [7, 11) is -1.40. The third kappa shape index (κ3) is 2.02. The summed E-state index contributed by atoms with van der Waals surface area (Å²) in [6, 6.07) is 0. The van der Waals surface area contributed by atoms with E-state index in [2.05, 4.69) is 86.0 Å². The predicted octanol–water partition coefficient (Wildman–Crippen LogP) is 5.29. The topological polar surface area (TPSA) is 0 Å². The van der Waals surface area contributed by atoms with Gasteiger partial charge in [0.1, 0.15) is 0 Å². The third-order valence-electron chi connectivity index (χ3n) is 6.07. The number of allylic oxidation sites excluding steroid dienone is 12. The molecule has 0 saturated heterocycles. The quantitative estimate of drug-likeness (QED) is 0.479. The average molecular weight is 292 g/mol. The van der Waals surface area contributed by atoms with Gasteiger partial charge in [-0.1, -0.05) is 86.0 Å². The maximum absolute atomic E-state index is 2.61. The van der Waals surface area contributed by atoms with Gasteiger partial charge in [0, 0.05) is 11.8 Å². The van der Waals surface area contributed by atoms with Crippen molar-refractivity contribution in [2.45, 2.75) is 24.2 Å². The molecule has 0 fully saturated rings. The zero-order chi connectivity index (χ0) is 14.4. The van der Waals surface area contributed by atoms with Crippen LogP contribution in [-0.4, -0.2) is 8.07 Å². The van der Waals surface area contributed by atoms with Crippen molar-refractivity contribution in [3.63, 3.8) is 0 Å².